The number of carbonyl (C=O) groups excluding carboxylic acids is 1. The van der Waals surface area contributed by atoms with E-state index in [1.807, 2.05) is 0 Å². The second-order valence-corrected chi connectivity index (χ2v) is 3.39. The molecule has 1 amide bonds. The van der Waals surface area contributed by atoms with Crippen LogP contribution in [0, 0.1) is 12.3 Å². The van der Waals surface area contributed by atoms with Crippen molar-refractivity contribution in [3.8, 4) is 12.3 Å². The minimum atomic E-state index is -5.08. The summed E-state index contributed by atoms with van der Waals surface area (Å²) < 4.78 is 31.7. The van der Waals surface area contributed by atoms with E-state index >= 15 is 0 Å². The summed E-state index contributed by atoms with van der Waals surface area (Å²) in [5, 5.41) is 17.8. The summed E-state index contributed by atoms with van der Waals surface area (Å²) in [4.78, 5) is 30.3. The van der Waals surface area contributed by atoms with Gasteiger partial charge in [0.2, 0.25) is 5.91 Å². The first kappa shape index (κ1) is 20.0. The van der Waals surface area contributed by atoms with Crippen LogP contribution < -0.4 is 11.1 Å². The van der Waals surface area contributed by atoms with E-state index in [-0.39, 0.29) is 6.42 Å². The number of hydrogen-bond acceptors (Lipinski definition) is 4. The second-order valence-electron chi connectivity index (χ2n) is 3.39. The summed E-state index contributed by atoms with van der Waals surface area (Å²) in [6, 6.07) is -1.79. The molecule has 0 aliphatic carbocycles. The molecule has 0 radical (unpaired) electrons. The molecule has 0 rings (SSSR count). The Hall–Kier alpha value is -2.28. The topological polar surface area (TPSA) is 130 Å². The molecule has 0 fully saturated rings. The van der Waals surface area contributed by atoms with Gasteiger partial charge in [-0.05, 0) is 6.92 Å². The Labute approximate surface area is 111 Å². The van der Waals surface area contributed by atoms with Crippen molar-refractivity contribution in [2.75, 3.05) is 0 Å². The van der Waals surface area contributed by atoms with Gasteiger partial charge in [-0.1, -0.05) is 0 Å². The number of carboxylic acid groups (broad SMARTS) is 2. The highest BCUT2D eigenvalue weighted by atomic mass is 19.4. The third-order valence-electron chi connectivity index (χ3n) is 1.65. The van der Waals surface area contributed by atoms with Crippen molar-refractivity contribution in [3.63, 3.8) is 0 Å². The summed E-state index contributed by atoms with van der Waals surface area (Å²) in [5.41, 5.74) is 5.33. The number of rotatable bonds is 4. The highest BCUT2D eigenvalue weighted by Crippen LogP contribution is 2.13. The number of amides is 1. The molecule has 0 bridgehead atoms. The van der Waals surface area contributed by atoms with Gasteiger partial charge in [0.15, 0.2) is 0 Å². The van der Waals surface area contributed by atoms with Crippen molar-refractivity contribution < 1.29 is 37.8 Å². The maximum Gasteiger partial charge on any atom is 0.490 e. The lowest BCUT2D eigenvalue weighted by molar-refractivity contribution is -0.192. The number of halogens is 3. The minimum absolute atomic E-state index is 0.0954. The Morgan fingerprint density at radius 3 is 2.00 bits per heavy atom. The van der Waals surface area contributed by atoms with Crippen LogP contribution in [0.5, 0.6) is 0 Å². The van der Waals surface area contributed by atoms with Crippen molar-refractivity contribution in [2.45, 2.75) is 31.6 Å². The maximum atomic E-state index is 11.1. The molecule has 20 heavy (non-hydrogen) atoms. The molecule has 0 aromatic carbocycles. The lowest BCUT2D eigenvalue weighted by Gasteiger charge is -2.12. The van der Waals surface area contributed by atoms with Crippen LogP contribution in [0.15, 0.2) is 0 Å². The number of hydrogen-bond donors (Lipinski definition) is 4. The number of carbonyl (C=O) groups is 3. The number of carboxylic acids is 2. The van der Waals surface area contributed by atoms with Crippen LogP contribution in [0.4, 0.5) is 13.2 Å². The average Bonchev–Trinajstić information content (AvgIpc) is 2.28. The minimum Gasteiger partial charge on any atom is -0.480 e. The fourth-order valence-corrected chi connectivity index (χ4v) is 0.602. The molecule has 0 aliphatic heterocycles. The molecule has 0 aromatic heterocycles. The molecule has 5 N–H and O–H groups in total. The predicted molar refractivity (Wildman–Crippen MR) is 60.4 cm³/mol. The molecule has 0 spiro atoms. The van der Waals surface area contributed by atoms with Gasteiger partial charge >= 0.3 is 18.1 Å². The Morgan fingerprint density at radius 1 is 1.35 bits per heavy atom. The molecule has 2 atom stereocenters. The van der Waals surface area contributed by atoms with Crippen molar-refractivity contribution >= 4 is 17.8 Å². The first-order chi connectivity index (χ1) is 8.93. The SMILES string of the molecule is C#CCC(N)C(=O)N[C@@H](C)C(=O)O.O=C(O)C(F)(F)F. The van der Waals surface area contributed by atoms with E-state index in [2.05, 4.69) is 11.2 Å². The standard InChI is InChI=1S/C8H12N2O3.C2HF3O2/c1-3-4-6(9)7(11)10-5(2)8(12)13;3-2(4,5)1(6)7/h1,5-6H,4,9H2,2H3,(H,10,11)(H,12,13);(H,6,7)/t5-,6?;/m0./s1. The van der Waals surface area contributed by atoms with Crippen LogP contribution in [0.25, 0.3) is 0 Å². The molecular formula is C10H13F3N2O5. The molecule has 114 valence electrons. The molecular weight excluding hydrogens is 285 g/mol. The predicted octanol–water partition coefficient (Wildman–Crippen LogP) is -0.440. The zero-order valence-corrected chi connectivity index (χ0v) is 10.3. The number of aliphatic carboxylic acids is 2. The maximum absolute atomic E-state index is 11.1. The van der Waals surface area contributed by atoms with Crippen LogP contribution in [-0.2, 0) is 14.4 Å². The molecule has 0 aliphatic rings. The van der Waals surface area contributed by atoms with E-state index in [1.54, 1.807) is 0 Å². The summed E-state index contributed by atoms with van der Waals surface area (Å²) in [5.74, 6) is -2.20. The molecule has 10 heteroatoms. The van der Waals surface area contributed by atoms with Crippen LogP contribution in [0.1, 0.15) is 13.3 Å². The van der Waals surface area contributed by atoms with E-state index in [9.17, 15) is 22.8 Å². The van der Waals surface area contributed by atoms with E-state index in [1.165, 1.54) is 6.92 Å². The number of terminal acetylenes is 1. The van der Waals surface area contributed by atoms with Crippen molar-refractivity contribution in [3.05, 3.63) is 0 Å². The molecule has 0 saturated heterocycles. The third-order valence-corrected chi connectivity index (χ3v) is 1.65. The molecule has 1 unspecified atom stereocenters. The first-order valence-electron chi connectivity index (χ1n) is 4.95. The van der Waals surface area contributed by atoms with E-state index in [0.29, 0.717) is 0 Å². The lowest BCUT2D eigenvalue weighted by atomic mass is 10.2. The monoisotopic (exact) mass is 298 g/mol. The average molecular weight is 298 g/mol. The molecule has 0 saturated carbocycles. The second kappa shape index (κ2) is 8.76. The van der Waals surface area contributed by atoms with Crippen molar-refractivity contribution in [1.29, 1.82) is 0 Å². The highest BCUT2D eigenvalue weighted by Gasteiger charge is 2.38. The summed E-state index contributed by atoms with van der Waals surface area (Å²) in [6.45, 7) is 1.35. The lowest BCUT2D eigenvalue weighted by Crippen LogP contribution is -2.46. The summed E-state index contributed by atoms with van der Waals surface area (Å²) in [7, 11) is 0. The van der Waals surface area contributed by atoms with E-state index in [0.717, 1.165) is 0 Å². The Morgan fingerprint density at radius 2 is 1.75 bits per heavy atom. The Kier molecular flexibility index (Phi) is 8.78. The van der Waals surface area contributed by atoms with Gasteiger partial charge in [0, 0.05) is 6.42 Å². The number of alkyl halides is 3. The van der Waals surface area contributed by atoms with E-state index in [4.69, 9.17) is 27.2 Å². The zero-order chi connectivity index (χ0) is 16.5. The molecule has 7 nitrogen and oxygen atoms in total. The van der Waals surface area contributed by atoms with Gasteiger partial charge in [0.25, 0.3) is 0 Å². The quantitative estimate of drug-likeness (QED) is 0.521. The van der Waals surface area contributed by atoms with Crippen LogP contribution in [0.3, 0.4) is 0 Å². The Bertz CT molecular complexity index is 403. The smallest absolute Gasteiger partial charge is 0.480 e. The van der Waals surface area contributed by atoms with Crippen LogP contribution in [0.2, 0.25) is 0 Å². The van der Waals surface area contributed by atoms with Crippen molar-refractivity contribution in [1.82, 2.24) is 5.32 Å². The van der Waals surface area contributed by atoms with Crippen molar-refractivity contribution in [2.24, 2.45) is 5.73 Å². The van der Waals surface area contributed by atoms with Crippen LogP contribution in [-0.4, -0.2) is 46.3 Å². The fraction of sp³-hybridized carbons (Fsp3) is 0.500. The summed E-state index contributed by atoms with van der Waals surface area (Å²) >= 11 is 0. The first-order valence-corrected chi connectivity index (χ1v) is 4.95. The highest BCUT2D eigenvalue weighted by molar-refractivity contribution is 5.86. The zero-order valence-electron chi connectivity index (χ0n) is 10.3. The van der Waals surface area contributed by atoms with Gasteiger partial charge < -0.3 is 21.3 Å². The normalized spacial score (nSPS) is 13.0. The Balaban J connectivity index is 0. The third kappa shape index (κ3) is 9.72. The van der Waals surface area contributed by atoms with Gasteiger partial charge in [-0.2, -0.15) is 13.2 Å². The van der Waals surface area contributed by atoms with Gasteiger partial charge in [-0.25, -0.2) is 4.79 Å². The van der Waals surface area contributed by atoms with Gasteiger partial charge in [-0.15, -0.1) is 12.3 Å². The van der Waals surface area contributed by atoms with Gasteiger partial charge in [0.05, 0.1) is 6.04 Å². The molecule has 0 aromatic rings. The van der Waals surface area contributed by atoms with Gasteiger partial charge in [0.1, 0.15) is 6.04 Å². The van der Waals surface area contributed by atoms with Crippen LogP contribution >= 0.6 is 0 Å². The number of nitrogens with two attached hydrogens (primary N) is 1. The summed E-state index contributed by atoms with van der Waals surface area (Å²) in [6.07, 6.45) is -0.0564. The largest absolute Gasteiger partial charge is 0.490 e. The number of nitrogens with one attached hydrogen (secondary N) is 1. The fourth-order valence-electron chi connectivity index (χ4n) is 0.602. The van der Waals surface area contributed by atoms with Gasteiger partial charge in [-0.3, -0.25) is 9.59 Å². The molecule has 0 heterocycles. The van der Waals surface area contributed by atoms with E-state index < -0.39 is 36.1 Å².